The van der Waals surface area contributed by atoms with E-state index in [9.17, 15) is 13.2 Å². The lowest BCUT2D eigenvalue weighted by Gasteiger charge is -2.41. The van der Waals surface area contributed by atoms with Crippen LogP contribution in [-0.4, -0.2) is 99.2 Å². The highest BCUT2D eigenvalue weighted by atomic mass is 32.2. The lowest BCUT2D eigenvalue weighted by atomic mass is 10.1. The molecule has 3 unspecified atom stereocenters. The third-order valence-corrected chi connectivity index (χ3v) is 7.96. The third kappa shape index (κ3) is 4.67. The Kier molecular flexibility index (Phi) is 6.43. The summed E-state index contributed by atoms with van der Waals surface area (Å²) in [4.78, 5) is 17.1. The molecule has 3 aliphatic heterocycles. The monoisotopic (exact) mass is 453 g/mol. The molecule has 3 heterocycles. The van der Waals surface area contributed by atoms with Crippen LogP contribution in [0.15, 0.2) is 23.1 Å². The van der Waals surface area contributed by atoms with E-state index in [-0.39, 0.29) is 29.1 Å². The van der Waals surface area contributed by atoms with Crippen molar-refractivity contribution >= 4 is 15.9 Å². The molecule has 0 spiro atoms. The number of amides is 1. The van der Waals surface area contributed by atoms with E-state index in [1.807, 2.05) is 25.7 Å². The van der Waals surface area contributed by atoms with Crippen LogP contribution in [0.2, 0.25) is 0 Å². The van der Waals surface area contributed by atoms with Crippen LogP contribution in [0.3, 0.4) is 0 Å². The standard InChI is InChI=1S/C21H31N3O6S/c1-15-13-23(14-16(2)30-15)21(25)17(3)22-6-8-24(9-7-22)31(26,27)18-4-5-19-20(12-18)29-11-10-28-19/h4-5,12,15-17H,6-11,13-14H2,1-3H3. The van der Waals surface area contributed by atoms with Gasteiger partial charge in [0, 0.05) is 45.3 Å². The Morgan fingerprint density at radius 2 is 1.61 bits per heavy atom. The second-order valence-electron chi connectivity index (χ2n) is 8.42. The van der Waals surface area contributed by atoms with E-state index in [0.29, 0.717) is 64.0 Å². The van der Waals surface area contributed by atoms with Crippen molar-refractivity contribution < 1.29 is 27.4 Å². The van der Waals surface area contributed by atoms with Crippen LogP contribution in [0.5, 0.6) is 11.5 Å². The Hall–Kier alpha value is -1.88. The van der Waals surface area contributed by atoms with Crippen LogP contribution >= 0.6 is 0 Å². The van der Waals surface area contributed by atoms with Gasteiger partial charge >= 0.3 is 0 Å². The highest BCUT2D eigenvalue weighted by Gasteiger charge is 2.35. The van der Waals surface area contributed by atoms with Crippen molar-refractivity contribution in [3.05, 3.63) is 18.2 Å². The second kappa shape index (κ2) is 8.93. The molecule has 3 atom stereocenters. The van der Waals surface area contributed by atoms with Gasteiger partial charge in [-0.15, -0.1) is 0 Å². The summed E-state index contributed by atoms with van der Waals surface area (Å²) in [7, 11) is -3.64. The Balaban J connectivity index is 1.38. The van der Waals surface area contributed by atoms with Crippen molar-refractivity contribution in [2.45, 2.75) is 43.9 Å². The first-order valence-electron chi connectivity index (χ1n) is 10.8. The Bertz CT molecular complexity index is 906. The van der Waals surface area contributed by atoms with Crippen molar-refractivity contribution in [3.8, 4) is 11.5 Å². The molecular formula is C21H31N3O6S. The molecule has 0 N–H and O–H groups in total. The van der Waals surface area contributed by atoms with Crippen LogP contribution in [0, 0.1) is 0 Å². The van der Waals surface area contributed by atoms with E-state index in [4.69, 9.17) is 14.2 Å². The average molecular weight is 454 g/mol. The molecule has 2 saturated heterocycles. The number of carbonyl (C=O) groups is 1. The van der Waals surface area contributed by atoms with Crippen molar-refractivity contribution in [3.63, 3.8) is 0 Å². The first-order chi connectivity index (χ1) is 14.8. The van der Waals surface area contributed by atoms with Gasteiger partial charge in [0.2, 0.25) is 15.9 Å². The van der Waals surface area contributed by atoms with Gasteiger partial charge in [0.1, 0.15) is 13.2 Å². The summed E-state index contributed by atoms with van der Waals surface area (Å²) in [5.41, 5.74) is 0. The zero-order valence-corrected chi connectivity index (χ0v) is 19.1. The van der Waals surface area contributed by atoms with E-state index >= 15 is 0 Å². The van der Waals surface area contributed by atoms with E-state index in [0.717, 1.165) is 0 Å². The minimum atomic E-state index is -3.64. The fraction of sp³-hybridized carbons (Fsp3) is 0.667. The lowest BCUT2D eigenvalue weighted by molar-refractivity contribution is -0.148. The molecule has 3 aliphatic rings. The minimum Gasteiger partial charge on any atom is -0.486 e. The highest BCUT2D eigenvalue weighted by molar-refractivity contribution is 7.89. The smallest absolute Gasteiger partial charge is 0.243 e. The maximum atomic E-state index is 13.1. The number of hydrogen-bond acceptors (Lipinski definition) is 7. The summed E-state index contributed by atoms with van der Waals surface area (Å²) in [6.45, 7) is 9.58. The molecule has 0 aliphatic carbocycles. The summed E-state index contributed by atoms with van der Waals surface area (Å²) in [6, 6.07) is 4.44. The molecule has 4 rings (SSSR count). The molecule has 0 bridgehead atoms. The van der Waals surface area contributed by atoms with Crippen LogP contribution in [0.1, 0.15) is 20.8 Å². The summed E-state index contributed by atoms with van der Waals surface area (Å²) >= 11 is 0. The number of carbonyl (C=O) groups excluding carboxylic acids is 1. The van der Waals surface area contributed by atoms with Gasteiger partial charge in [-0.3, -0.25) is 9.69 Å². The molecule has 31 heavy (non-hydrogen) atoms. The second-order valence-corrected chi connectivity index (χ2v) is 10.4. The molecule has 1 aromatic rings. The summed E-state index contributed by atoms with van der Waals surface area (Å²) in [6.07, 6.45) is 0.0424. The van der Waals surface area contributed by atoms with Gasteiger partial charge in [-0.2, -0.15) is 4.31 Å². The van der Waals surface area contributed by atoms with Gasteiger partial charge in [0.15, 0.2) is 11.5 Å². The zero-order chi connectivity index (χ0) is 22.2. The van der Waals surface area contributed by atoms with Crippen molar-refractivity contribution in [2.24, 2.45) is 0 Å². The molecule has 2 fully saturated rings. The molecular weight excluding hydrogens is 422 g/mol. The average Bonchev–Trinajstić information content (AvgIpc) is 2.77. The number of nitrogens with zero attached hydrogens (tertiary/aromatic N) is 3. The van der Waals surface area contributed by atoms with Gasteiger partial charge < -0.3 is 19.1 Å². The van der Waals surface area contributed by atoms with E-state index in [1.54, 1.807) is 12.1 Å². The quantitative estimate of drug-likeness (QED) is 0.666. The van der Waals surface area contributed by atoms with Gasteiger partial charge in [0.25, 0.3) is 0 Å². The lowest BCUT2D eigenvalue weighted by Crippen LogP contribution is -2.58. The Morgan fingerprint density at radius 1 is 1.00 bits per heavy atom. The number of sulfonamides is 1. The van der Waals surface area contributed by atoms with Gasteiger partial charge in [-0.05, 0) is 32.9 Å². The van der Waals surface area contributed by atoms with Gasteiger partial charge in [-0.25, -0.2) is 8.42 Å². The summed E-state index contributed by atoms with van der Waals surface area (Å²) in [5.74, 6) is 1.10. The molecule has 9 nitrogen and oxygen atoms in total. The summed E-state index contributed by atoms with van der Waals surface area (Å²) < 4.78 is 44.5. The Morgan fingerprint density at radius 3 is 2.26 bits per heavy atom. The minimum absolute atomic E-state index is 0.0212. The largest absolute Gasteiger partial charge is 0.486 e. The normalized spacial score (nSPS) is 26.5. The number of hydrogen-bond donors (Lipinski definition) is 0. The fourth-order valence-corrected chi connectivity index (χ4v) is 5.88. The first kappa shape index (κ1) is 22.3. The molecule has 1 amide bonds. The fourth-order valence-electron chi connectivity index (χ4n) is 4.44. The molecule has 0 aromatic heterocycles. The van der Waals surface area contributed by atoms with Crippen molar-refractivity contribution in [1.29, 1.82) is 0 Å². The van der Waals surface area contributed by atoms with Gasteiger partial charge in [-0.1, -0.05) is 0 Å². The zero-order valence-electron chi connectivity index (χ0n) is 18.3. The van der Waals surface area contributed by atoms with Crippen LogP contribution in [0.25, 0.3) is 0 Å². The number of morpholine rings is 1. The van der Waals surface area contributed by atoms with E-state index in [1.165, 1.54) is 10.4 Å². The number of ether oxygens (including phenoxy) is 3. The number of piperazine rings is 1. The SMILES string of the molecule is CC1CN(C(=O)C(C)N2CCN(S(=O)(=O)c3ccc4c(c3)OCCO4)CC2)CC(C)O1. The molecule has 0 saturated carbocycles. The first-order valence-corrected chi connectivity index (χ1v) is 12.3. The van der Waals surface area contributed by atoms with E-state index in [2.05, 4.69) is 4.90 Å². The van der Waals surface area contributed by atoms with Gasteiger partial charge in [0.05, 0.1) is 23.1 Å². The molecule has 0 radical (unpaired) electrons. The molecule has 1 aromatic carbocycles. The maximum Gasteiger partial charge on any atom is 0.243 e. The van der Waals surface area contributed by atoms with Crippen LogP contribution < -0.4 is 9.47 Å². The number of rotatable bonds is 4. The van der Waals surface area contributed by atoms with Crippen LogP contribution in [-0.2, 0) is 19.6 Å². The maximum absolute atomic E-state index is 13.1. The third-order valence-electron chi connectivity index (χ3n) is 6.06. The number of fused-ring (bicyclic) bond motifs is 1. The van der Waals surface area contributed by atoms with Crippen LogP contribution in [0.4, 0.5) is 0 Å². The molecule has 10 heteroatoms. The summed E-state index contributed by atoms with van der Waals surface area (Å²) in [5, 5.41) is 0. The van der Waals surface area contributed by atoms with Crippen molar-refractivity contribution in [2.75, 3.05) is 52.5 Å². The van der Waals surface area contributed by atoms with E-state index < -0.39 is 10.0 Å². The predicted octanol–water partition coefficient (Wildman–Crippen LogP) is 0.788. The predicted molar refractivity (Wildman–Crippen MR) is 114 cm³/mol. The molecule has 172 valence electrons. The van der Waals surface area contributed by atoms with Crippen molar-refractivity contribution in [1.82, 2.24) is 14.1 Å². The number of benzene rings is 1. The highest BCUT2D eigenvalue weighted by Crippen LogP contribution is 2.33. The topological polar surface area (TPSA) is 88.6 Å². The Labute approximate surface area is 183 Å².